The van der Waals surface area contributed by atoms with Crippen molar-refractivity contribution in [2.45, 2.75) is 6.42 Å². The molecule has 1 amide bonds. The van der Waals surface area contributed by atoms with Gasteiger partial charge in [0.2, 0.25) is 0 Å². The first-order chi connectivity index (χ1) is 12.2. The number of ether oxygens (including phenoxy) is 1. The molecule has 0 heterocycles. The Bertz CT molecular complexity index is 878. The van der Waals surface area contributed by atoms with Crippen LogP contribution in [0.5, 0.6) is 5.75 Å². The summed E-state index contributed by atoms with van der Waals surface area (Å²) in [6.07, 6.45) is 0.722. The molecule has 1 N–H and O–H groups in total. The Labute approximate surface area is 152 Å². The maximum atomic E-state index is 12.4. The van der Waals surface area contributed by atoms with E-state index in [0.29, 0.717) is 16.3 Å². The number of nitrogens with one attached hydrogen (secondary N) is 1. The van der Waals surface area contributed by atoms with E-state index in [1.165, 1.54) is 5.56 Å². The standard InChI is InChI=1S/C21H18ClNO2/c1-25-20-12-11-17(14-16(20)13-15-7-3-2-4-8-15)23-21(24)18-9-5-6-10-19(18)22/h2-12,14H,13H2,1H3,(H,23,24). The van der Waals surface area contributed by atoms with Gasteiger partial charge in [-0.1, -0.05) is 54.1 Å². The van der Waals surface area contributed by atoms with Crippen molar-refractivity contribution in [1.29, 1.82) is 0 Å². The molecule has 0 aliphatic carbocycles. The maximum Gasteiger partial charge on any atom is 0.257 e. The second-order valence-corrected chi connectivity index (χ2v) is 6.03. The van der Waals surface area contributed by atoms with E-state index in [-0.39, 0.29) is 5.91 Å². The van der Waals surface area contributed by atoms with E-state index >= 15 is 0 Å². The Morgan fingerprint density at radius 1 is 1.00 bits per heavy atom. The average Bonchev–Trinajstić information content (AvgIpc) is 2.63. The number of hydrogen-bond acceptors (Lipinski definition) is 2. The third-order valence-corrected chi connectivity index (χ3v) is 4.22. The highest BCUT2D eigenvalue weighted by molar-refractivity contribution is 6.34. The van der Waals surface area contributed by atoms with Gasteiger partial charge in [0, 0.05) is 17.7 Å². The summed E-state index contributed by atoms with van der Waals surface area (Å²) >= 11 is 6.09. The van der Waals surface area contributed by atoms with Gasteiger partial charge in [0.25, 0.3) is 5.91 Å². The van der Waals surface area contributed by atoms with Crippen molar-refractivity contribution in [3.8, 4) is 5.75 Å². The number of rotatable bonds is 5. The highest BCUT2D eigenvalue weighted by atomic mass is 35.5. The predicted molar refractivity (Wildman–Crippen MR) is 102 cm³/mol. The Morgan fingerprint density at radius 2 is 1.72 bits per heavy atom. The van der Waals surface area contributed by atoms with Crippen molar-refractivity contribution in [1.82, 2.24) is 0 Å². The molecule has 0 aliphatic heterocycles. The lowest BCUT2D eigenvalue weighted by Gasteiger charge is -2.12. The number of carbonyl (C=O) groups excluding carboxylic acids is 1. The van der Waals surface area contributed by atoms with Crippen LogP contribution in [0.25, 0.3) is 0 Å². The normalized spacial score (nSPS) is 10.3. The van der Waals surface area contributed by atoms with E-state index in [0.717, 1.165) is 17.7 Å². The van der Waals surface area contributed by atoms with Crippen LogP contribution in [-0.4, -0.2) is 13.0 Å². The summed E-state index contributed by atoms with van der Waals surface area (Å²) < 4.78 is 5.45. The van der Waals surface area contributed by atoms with Gasteiger partial charge in [0.15, 0.2) is 0 Å². The van der Waals surface area contributed by atoms with Crippen LogP contribution in [0.4, 0.5) is 5.69 Å². The zero-order valence-corrected chi connectivity index (χ0v) is 14.6. The first kappa shape index (κ1) is 17.1. The van der Waals surface area contributed by atoms with E-state index in [9.17, 15) is 4.79 Å². The van der Waals surface area contributed by atoms with Gasteiger partial charge >= 0.3 is 0 Å². The lowest BCUT2D eigenvalue weighted by atomic mass is 10.0. The summed E-state index contributed by atoms with van der Waals surface area (Å²) in [6, 6.07) is 22.7. The third kappa shape index (κ3) is 4.20. The molecule has 3 aromatic rings. The Morgan fingerprint density at radius 3 is 2.44 bits per heavy atom. The minimum absolute atomic E-state index is 0.235. The highest BCUT2D eigenvalue weighted by Gasteiger charge is 2.12. The summed E-state index contributed by atoms with van der Waals surface area (Å²) in [4.78, 5) is 12.4. The molecule has 0 saturated carbocycles. The molecular weight excluding hydrogens is 334 g/mol. The lowest BCUT2D eigenvalue weighted by molar-refractivity contribution is 0.102. The maximum absolute atomic E-state index is 12.4. The first-order valence-electron chi connectivity index (χ1n) is 7.94. The van der Waals surface area contributed by atoms with Crippen LogP contribution < -0.4 is 10.1 Å². The molecule has 0 radical (unpaired) electrons. The Kier molecular flexibility index (Phi) is 5.36. The van der Waals surface area contributed by atoms with Gasteiger partial charge in [-0.3, -0.25) is 4.79 Å². The molecule has 0 aromatic heterocycles. The second-order valence-electron chi connectivity index (χ2n) is 5.62. The monoisotopic (exact) mass is 351 g/mol. The van der Waals surface area contributed by atoms with Crippen molar-refractivity contribution in [3.63, 3.8) is 0 Å². The number of anilines is 1. The summed E-state index contributed by atoms with van der Waals surface area (Å²) in [5.41, 5.74) is 3.34. The SMILES string of the molecule is COc1ccc(NC(=O)c2ccccc2Cl)cc1Cc1ccccc1. The third-order valence-electron chi connectivity index (χ3n) is 3.89. The second kappa shape index (κ2) is 7.86. The van der Waals surface area contributed by atoms with Gasteiger partial charge in [-0.15, -0.1) is 0 Å². The van der Waals surface area contributed by atoms with Crippen LogP contribution in [0.1, 0.15) is 21.5 Å². The van der Waals surface area contributed by atoms with E-state index in [1.54, 1.807) is 31.4 Å². The van der Waals surface area contributed by atoms with Crippen molar-refractivity contribution in [3.05, 3.63) is 94.5 Å². The van der Waals surface area contributed by atoms with E-state index in [4.69, 9.17) is 16.3 Å². The largest absolute Gasteiger partial charge is 0.496 e. The van der Waals surface area contributed by atoms with Crippen LogP contribution in [-0.2, 0) is 6.42 Å². The van der Waals surface area contributed by atoms with Crippen molar-refractivity contribution in [2.75, 3.05) is 12.4 Å². The van der Waals surface area contributed by atoms with Crippen LogP contribution >= 0.6 is 11.6 Å². The van der Waals surface area contributed by atoms with Crippen molar-refractivity contribution >= 4 is 23.2 Å². The number of halogens is 1. The number of amides is 1. The van der Waals surface area contributed by atoms with Crippen LogP contribution in [0.2, 0.25) is 5.02 Å². The van der Waals surface area contributed by atoms with Crippen molar-refractivity contribution in [2.24, 2.45) is 0 Å². The molecular formula is C21H18ClNO2. The van der Waals surface area contributed by atoms with Crippen LogP contribution in [0, 0.1) is 0 Å². The fourth-order valence-electron chi connectivity index (χ4n) is 2.65. The summed E-state index contributed by atoms with van der Waals surface area (Å²) in [5, 5.41) is 3.33. The van der Waals surface area contributed by atoms with E-state index in [1.807, 2.05) is 36.4 Å². The minimum Gasteiger partial charge on any atom is -0.496 e. The molecule has 3 aromatic carbocycles. The quantitative estimate of drug-likeness (QED) is 0.686. The molecule has 3 nitrogen and oxygen atoms in total. The molecule has 0 fully saturated rings. The van der Waals surface area contributed by atoms with Gasteiger partial charge in [-0.25, -0.2) is 0 Å². The summed E-state index contributed by atoms with van der Waals surface area (Å²) in [6.45, 7) is 0. The smallest absolute Gasteiger partial charge is 0.257 e. The number of benzene rings is 3. The minimum atomic E-state index is -0.235. The highest BCUT2D eigenvalue weighted by Crippen LogP contribution is 2.26. The molecule has 25 heavy (non-hydrogen) atoms. The summed E-state index contributed by atoms with van der Waals surface area (Å²) in [5.74, 6) is 0.557. The zero-order valence-electron chi connectivity index (χ0n) is 13.8. The van der Waals surface area contributed by atoms with Crippen LogP contribution in [0.3, 0.4) is 0 Å². The molecule has 0 saturated heterocycles. The van der Waals surface area contributed by atoms with Gasteiger partial charge in [-0.05, 0) is 35.9 Å². The van der Waals surface area contributed by atoms with E-state index in [2.05, 4.69) is 17.4 Å². The topological polar surface area (TPSA) is 38.3 Å². The molecule has 0 atom stereocenters. The number of carbonyl (C=O) groups is 1. The average molecular weight is 352 g/mol. The number of hydrogen-bond donors (Lipinski definition) is 1. The van der Waals surface area contributed by atoms with Gasteiger partial charge in [0.05, 0.1) is 17.7 Å². The number of methoxy groups -OCH3 is 1. The van der Waals surface area contributed by atoms with Crippen LogP contribution in [0.15, 0.2) is 72.8 Å². The van der Waals surface area contributed by atoms with Crippen molar-refractivity contribution < 1.29 is 9.53 Å². The zero-order chi connectivity index (χ0) is 17.6. The Hall–Kier alpha value is -2.78. The van der Waals surface area contributed by atoms with Gasteiger partial charge < -0.3 is 10.1 Å². The van der Waals surface area contributed by atoms with Gasteiger partial charge in [0.1, 0.15) is 5.75 Å². The fraction of sp³-hybridized carbons (Fsp3) is 0.0952. The molecule has 126 valence electrons. The molecule has 4 heteroatoms. The molecule has 0 spiro atoms. The Balaban J connectivity index is 1.84. The lowest BCUT2D eigenvalue weighted by Crippen LogP contribution is -2.12. The molecule has 0 aliphatic rings. The molecule has 0 bridgehead atoms. The van der Waals surface area contributed by atoms with Gasteiger partial charge in [-0.2, -0.15) is 0 Å². The molecule has 0 unspecified atom stereocenters. The first-order valence-corrected chi connectivity index (χ1v) is 8.32. The fourth-order valence-corrected chi connectivity index (χ4v) is 2.88. The predicted octanol–water partition coefficient (Wildman–Crippen LogP) is 5.19. The molecule has 3 rings (SSSR count). The van der Waals surface area contributed by atoms with E-state index < -0.39 is 0 Å². The summed E-state index contributed by atoms with van der Waals surface area (Å²) in [7, 11) is 1.64.